The first-order chi connectivity index (χ1) is 25.2. The van der Waals surface area contributed by atoms with Gasteiger partial charge in [-0.1, -0.05) is 27.7 Å². The Balaban J connectivity index is 1.05. The molecule has 0 aromatic heterocycles. The molecule has 1 spiro atoms. The minimum atomic E-state index is -1.76. The van der Waals surface area contributed by atoms with Crippen molar-refractivity contribution in [3.05, 3.63) is 0 Å². The molecular formula is C39H64O14. The summed E-state index contributed by atoms with van der Waals surface area (Å²) < 4.78 is 37.8. The minimum absolute atomic E-state index is 0.0335. The van der Waals surface area contributed by atoms with E-state index in [1.807, 2.05) is 0 Å². The average Bonchev–Trinajstić information content (AvgIpc) is 3.58. The van der Waals surface area contributed by atoms with E-state index in [4.69, 9.17) is 28.4 Å². The third-order valence-electron chi connectivity index (χ3n) is 16.2. The lowest BCUT2D eigenvalue weighted by Crippen LogP contribution is -2.66. The van der Waals surface area contributed by atoms with Gasteiger partial charge in [-0.3, -0.25) is 0 Å². The molecule has 4 saturated heterocycles. The molecule has 0 bridgehead atoms. The van der Waals surface area contributed by atoms with Gasteiger partial charge in [0.1, 0.15) is 48.8 Å². The van der Waals surface area contributed by atoms with E-state index in [1.165, 1.54) is 0 Å². The number of aliphatic hydroxyl groups excluding tert-OH is 8. The van der Waals surface area contributed by atoms with Crippen LogP contribution in [0.3, 0.4) is 0 Å². The summed E-state index contributed by atoms with van der Waals surface area (Å²) in [4.78, 5) is 0. The summed E-state index contributed by atoms with van der Waals surface area (Å²) in [5, 5.41) is 85.1. The summed E-state index contributed by atoms with van der Waals surface area (Å²) in [5.74, 6) is 1.79. The second-order valence-corrected chi connectivity index (χ2v) is 18.8. The fourth-order valence-corrected chi connectivity index (χ4v) is 13.2. The molecule has 23 atom stereocenters. The van der Waals surface area contributed by atoms with Crippen LogP contribution in [0.5, 0.6) is 0 Å². The van der Waals surface area contributed by atoms with E-state index in [0.717, 1.165) is 45.1 Å². The minimum Gasteiger partial charge on any atom is -0.394 e. The molecule has 4 heterocycles. The van der Waals surface area contributed by atoms with Crippen molar-refractivity contribution in [1.29, 1.82) is 0 Å². The Kier molecular flexibility index (Phi) is 10.6. The predicted octanol–water partition coefficient (Wildman–Crippen LogP) is 0.413. The van der Waals surface area contributed by atoms with Crippen LogP contribution in [-0.4, -0.2) is 146 Å². The number of fused-ring (bicyclic) bond motifs is 7. The van der Waals surface area contributed by atoms with E-state index in [2.05, 4.69) is 27.7 Å². The molecule has 0 aromatic rings. The van der Waals surface area contributed by atoms with Crippen molar-refractivity contribution in [2.45, 2.75) is 171 Å². The van der Waals surface area contributed by atoms with Crippen LogP contribution >= 0.6 is 0 Å². The summed E-state index contributed by atoms with van der Waals surface area (Å²) in [5.41, 5.74) is -0.0791. The van der Waals surface area contributed by atoms with E-state index in [-0.39, 0.29) is 28.8 Å². The highest BCUT2D eigenvalue weighted by atomic mass is 16.7. The Hall–Kier alpha value is -0.560. The molecule has 8 aliphatic rings. The number of rotatable bonds is 6. The first-order valence-corrected chi connectivity index (χ1v) is 20.4. The van der Waals surface area contributed by atoms with E-state index in [9.17, 15) is 40.9 Å². The Labute approximate surface area is 312 Å². The van der Waals surface area contributed by atoms with Gasteiger partial charge in [-0.25, -0.2) is 0 Å². The zero-order valence-electron chi connectivity index (χ0n) is 31.6. The summed E-state index contributed by atoms with van der Waals surface area (Å²) in [7, 11) is 0. The van der Waals surface area contributed by atoms with E-state index in [0.29, 0.717) is 48.9 Å². The largest absolute Gasteiger partial charge is 0.394 e. The molecule has 4 saturated carbocycles. The fourth-order valence-electron chi connectivity index (χ4n) is 13.2. The van der Waals surface area contributed by atoms with Crippen LogP contribution in [0.4, 0.5) is 0 Å². The number of aliphatic hydroxyl groups is 8. The van der Waals surface area contributed by atoms with Gasteiger partial charge in [-0.15, -0.1) is 0 Å². The van der Waals surface area contributed by atoms with Gasteiger partial charge in [0.25, 0.3) is 0 Å². The fraction of sp³-hybridized carbons (Fsp3) is 1.00. The van der Waals surface area contributed by atoms with Crippen LogP contribution in [0.25, 0.3) is 0 Å². The van der Waals surface area contributed by atoms with Crippen molar-refractivity contribution in [2.24, 2.45) is 52.3 Å². The first kappa shape index (κ1) is 39.3. The highest BCUT2D eigenvalue weighted by Crippen LogP contribution is 2.71. The maximum Gasteiger partial charge on any atom is 0.187 e. The van der Waals surface area contributed by atoms with Crippen LogP contribution in [0, 0.1) is 52.3 Å². The lowest BCUT2D eigenvalue weighted by atomic mass is 9.43. The molecule has 53 heavy (non-hydrogen) atoms. The van der Waals surface area contributed by atoms with Gasteiger partial charge >= 0.3 is 0 Å². The summed E-state index contributed by atoms with van der Waals surface area (Å²) >= 11 is 0. The predicted molar refractivity (Wildman–Crippen MR) is 184 cm³/mol. The second kappa shape index (κ2) is 14.4. The van der Waals surface area contributed by atoms with Gasteiger partial charge in [0.2, 0.25) is 0 Å². The lowest BCUT2D eigenvalue weighted by Gasteiger charge is -2.63. The molecule has 0 amide bonds. The van der Waals surface area contributed by atoms with Crippen molar-refractivity contribution >= 4 is 0 Å². The zero-order chi connectivity index (χ0) is 37.8. The summed E-state index contributed by atoms with van der Waals surface area (Å²) in [6.07, 6.45) is -7.97. The number of hydrogen-bond acceptors (Lipinski definition) is 14. The van der Waals surface area contributed by atoms with Gasteiger partial charge in [-0.2, -0.15) is 0 Å². The highest BCUT2D eigenvalue weighted by Gasteiger charge is 2.70. The van der Waals surface area contributed by atoms with Crippen molar-refractivity contribution in [1.82, 2.24) is 0 Å². The Morgan fingerprint density at radius 3 is 2.02 bits per heavy atom. The van der Waals surface area contributed by atoms with Gasteiger partial charge in [0, 0.05) is 12.3 Å². The van der Waals surface area contributed by atoms with Crippen molar-refractivity contribution < 1.29 is 69.3 Å². The Morgan fingerprint density at radius 2 is 1.34 bits per heavy atom. The molecule has 14 nitrogen and oxygen atoms in total. The van der Waals surface area contributed by atoms with Crippen LogP contribution in [0.2, 0.25) is 0 Å². The summed E-state index contributed by atoms with van der Waals surface area (Å²) in [6.45, 7) is 8.83. The maximum atomic E-state index is 11.7. The Bertz CT molecular complexity index is 1300. The van der Waals surface area contributed by atoms with Gasteiger partial charge in [0.15, 0.2) is 18.4 Å². The molecular weight excluding hydrogens is 692 g/mol. The first-order valence-electron chi connectivity index (χ1n) is 20.4. The Morgan fingerprint density at radius 1 is 0.660 bits per heavy atom. The molecule has 8 rings (SSSR count). The van der Waals surface area contributed by atoms with Crippen LogP contribution in [-0.2, 0) is 28.4 Å². The van der Waals surface area contributed by atoms with Gasteiger partial charge in [0.05, 0.1) is 38.1 Å². The molecule has 4 aliphatic carbocycles. The third kappa shape index (κ3) is 6.20. The zero-order valence-corrected chi connectivity index (χ0v) is 31.6. The van der Waals surface area contributed by atoms with Crippen molar-refractivity contribution in [3.63, 3.8) is 0 Å². The van der Waals surface area contributed by atoms with Gasteiger partial charge in [-0.05, 0) is 97.7 Å². The van der Waals surface area contributed by atoms with Gasteiger partial charge < -0.3 is 69.3 Å². The normalized spacial score (nSPS) is 59.5. The highest BCUT2D eigenvalue weighted by molar-refractivity contribution is 5.16. The smallest absolute Gasteiger partial charge is 0.187 e. The third-order valence-corrected chi connectivity index (χ3v) is 16.2. The molecule has 4 aliphatic heterocycles. The van der Waals surface area contributed by atoms with E-state index >= 15 is 0 Å². The van der Waals surface area contributed by atoms with Crippen LogP contribution in [0.15, 0.2) is 0 Å². The molecule has 0 aromatic carbocycles. The molecule has 14 heteroatoms. The number of hydrogen-bond donors (Lipinski definition) is 8. The van der Waals surface area contributed by atoms with Crippen LogP contribution in [0.1, 0.15) is 85.5 Å². The molecule has 304 valence electrons. The maximum absolute atomic E-state index is 11.7. The quantitative estimate of drug-likeness (QED) is 0.173. The average molecular weight is 757 g/mol. The van der Waals surface area contributed by atoms with E-state index < -0.39 is 92.6 Å². The topological polar surface area (TPSA) is 217 Å². The van der Waals surface area contributed by atoms with E-state index in [1.54, 1.807) is 0 Å². The standard InChI is InChI=1S/C39H64O14/c1-17-5-10-39(48-16-17)18(2)28-25(53-39)13-22-20-12-24(23-11-19(42)6-8-37(23,3)21(20)7-9-38(22,28)4)49-36-33(47)34(30(44)27(15-41)51-36)52-35-32(46)31(45)29(43)26(14-40)50-35/h17-36,40-47H,5-16H2,1-4H3. The molecule has 23 unspecified atom stereocenters. The molecule has 8 fully saturated rings. The van der Waals surface area contributed by atoms with Crippen molar-refractivity contribution in [2.75, 3.05) is 19.8 Å². The summed E-state index contributed by atoms with van der Waals surface area (Å²) in [6, 6.07) is 0. The van der Waals surface area contributed by atoms with Crippen LogP contribution < -0.4 is 0 Å². The molecule has 0 radical (unpaired) electrons. The molecule has 8 N–H and O–H groups in total. The second-order valence-electron chi connectivity index (χ2n) is 18.8. The van der Waals surface area contributed by atoms with Crippen molar-refractivity contribution in [3.8, 4) is 0 Å². The lowest BCUT2D eigenvalue weighted by molar-refractivity contribution is -0.369. The monoisotopic (exact) mass is 756 g/mol. The SMILES string of the molecule is CC1CCC2(OC1)OC1CC3C4CC(OC5OC(CO)C(O)C(OC6OC(CO)C(O)C(O)C6O)C5O)C5CC(O)CCC5(C)C4CCC3(C)C1C2C. The number of ether oxygens (including phenoxy) is 6.